The van der Waals surface area contributed by atoms with Crippen molar-refractivity contribution in [2.45, 2.75) is 13.8 Å². The lowest BCUT2D eigenvalue weighted by molar-refractivity contribution is 0.102. The Morgan fingerprint density at radius 3 is 2.39 bits per heavy atom. The molecule has 0 atom stereocenters. The summed E-state index contributed by atoms with van der Waals surface area (Å²) in [4.78, 5) is 12.2. The first-order valence-electron chi connectivity index (χ1n) is 5.66. The zero-order valence-electron chi connectivity index (χ0n) is 10.7. The maximum Gasteiger partial charge on any atom is 0.259 e. The van der Waals surface area contributed by atoms with E-state index in [0.717, 1.165) is 17.1 Å². The summed E-state index contributed by atoms with van der Waals surface area (Å²) in [7, 11) is 1.82. The SMILES string of the molecule is Cc1nn(C)c(C)c1C(=O)Nc1ccc(N)cc1. The molecular weight excluding hydrogens is 228 g/mol. The van der Waals surface area contributed by atoms with Crippen LogP contribution < -0.4 is 11.1 Å². The van der Waals surface area contributed by atoms with Crippen molar-refractivity contribution in [1.29, 1.82) is 0 Å². The minimum atomic E-state index is -0.150. The molecule has 18 heavy (non-hydrogen) atoms. The molecule has 1 heterocycles. The van der Waals surface area contributed by atoms with Gasteiger partial charge in [-0.1, -0.05) is 0 Å². The summed E-state index contributed by atoms with van der Waals surface area (Å²) >= 11 is 0. The van der Waals surface area contributed by atoms with Gasteiger partial charge in [-0.05, 0) is 38.1 Å². The third-order valence-electron chi connectivity index (χ3n) is 2.90. The van der Waals surface area contributed by atoms with E-state index in [1.807, 2.05) is 20.9 Å². The van der Waals surface area contributed by atoms with Gasteiger partial charge in [0.05, 0.1) is 11.3 Å². The Morgan fingerprint density at radius 1 is 1.28 bits per heavy atom. The van der Waals surface area contributed by atoms with E-state index in [9.17, 15) is 4.79 Å². The van der Waals surface area contributed by atoms with Gasteiger partial charge in [-0.3, -0.25) is 9.48 Å². The molecule has 1 aromatic carbocycles. The van der Waals surface area contributed by atoms with Gasteiger partial charge in [0.25, 0.3) is 5.91 Å². The highest BCUT2D eigenvalue weighted by Crippen LogP contribution is 2.16. The molecule has 0 aliphatic rings. The van der Waals surface area contributed by atoms with Gasteiger partial charge < -0.3 is 11.1 Å². The number of nitrogens with one attached hydrogen (secondary N) is 1. The van der Waals surface area contributed by atoms with Gasteiger partial charge in [0.1, 0.15) is 0 Å². The summed E-state index contributed by atoms with van der Waals surface area (Å²) in [6.07, 6.45) is 0. The number of aromatic nitrogens is 2. The fourth-order valence-electron chi connectivity index (χ4n) is 1.86. The Kier molecular flexibility index (Phi) is 3.06. The van der Waals surface area contributed by atoms with Crippen LogP contribution in [0.2, 0.25) is 0 Å². The number of nitrogens with zero attached hydrogens (tertiary/aromatic N) is 2. The molecule has 0 radical (unpaired) electrons. The Labute approximate surface area is 106 Å². The standard InChI is InChI=1S/C13H16N4O/c1-8-12(9(2)17(3)16-8)13(18)15-11-6-4-10(14)5-7-11/h4-7H,14H2,1-3H3,(H,15,18). The van der Waals surface area contributed by atoms with Crippen LogP contribution in [0.5, 0.6) is 0 Å². The average molecular weight is 244 g/mol. The van der Waals surface area contributed by atoms with Crippen molar-refractivity contribution >= 4 is 17.3 Å². The Morgan fingerprint density at radius 2 is 1.89 bits per heavy atom. The molecule has 0 aliphatic heterocycles. The van der Waals surface area contributed by atoms with Crippen LogP contribution in [-0.4, -0.2) is 15.7 Å². The van der Waals surface area contributed by atoms with E-state index in [-0.39, 0.29) is 5.91 Å². The second-order valence-corrected chi connectivity index (χ2v) is 4.25. The van der Waals surface area contributed by atoms with E-state index >= 15 is 0 Å². The summed E-state index contributed by atoms with van der Waals surface area (Å²) < 4.78 is 1.70. The third kappa shape index (κ3) is 2.20. The number of carbonyl (C=O) groups is 1. The largest absolute Gasteiger partial charge is 0.399 e. The molecular formula is C13H16N4O. The normalized spacial score (nSPS) is 10.4. The van der Waals surface area contributed by atoms with Crippen molar-refractivity contribution in [1.82, 2.24) is 9.78 Å². The molecule has 0 fully saturated rings. The molecule has 5 heteroatoms. The van der Waals surface area contributed by atoms with Crippen LogP contribution in [0.1, 0.15) is 21.7 Å². The number of rotatable bonds is 2. The summed E-state index contributed by atoms with van der Waals surface area (Å²) in [6.45, 7) is 3.70. The number of anilines is 2. The van der Waals surface area contributed by atoms with Crippen molar-refractivity contribution < 1.29 is 4.79 Å². The highest BCUT2D eigenvalue weighted by atomic mass is 16.1. The van der Waals surface area contributed by atoms with Gasteiger partial charge in [-0.25, -0.2) is 0 Å². The van der Waals surface area contributed by atoms with Crippen LogP contribution in [0.15, 0.2) is 24.3 Å². The summed E-state index contributed by atoms with van der Waals surface area (Å²) in [6, 6.07) is 7.04. The molecule has 0 saturated heterocycles. The van der Waals surface area contributed by atoms with Gasteiger partial charge in [0.2, 0.25) is 0 Å². The van der Waals surface area contributed by atoms with Crippen LogP contribution >= 0.6 is 0 Å². The molecule has 0 unspecified atom stereocenters. The maximum absolute atomic E-state index is 12.2. The van der Waals surface area contributed by atoms with Crippen molar-refractivity contribution in [2.75, 3.05) is 11.1 Å². The molecule has 0 bridgehead atoms. The van der Waals surface area contributed by atoms with Crippen molar-refractivity contribution in [2.24, 2.45) is 7.05 Å². The molecule has 94 valence electrons. The fraction of sp³-hybridized carbons (Fsp3) is 0.231. The topological polar surface area (TPSA) is 72.9 Å². The number of amides is 1. The lowest BCUT2D eigenvalue weighted by atomic mass is 10.2. The lowest BCUT2D eigenvalue weighted by Crippen LogP contribution is -2.14. The average Bonchev–Trinajstić information content (AvgIpc) is 2.56. The Hall–Kier alpha value is -2.30. The number of carbonyl (C=O) groups excluding carboxylic acids is 1. The van der Waals surface area contributed by atoms with Crippen LogP contribution in [0.4, 0.5) is 11.4 Å². The molecule has 1 aromatic heterocycles. The van der Waals surface area contributed by atoms with Gasteiger partial charge in [-0.2, -0.15) is 5.10 Å². The zero-order chi connectivity index (χ0) is 13.3. The van der Waals surface area contributed by atoms with Crippen LogP contribution in [-0.2, 0) is 7.05 Å². The van der Waals surface area contributed by atoms with Gasteiger partial charge in [-0.15, -0.1) is 0 Å². The maximum atomic E-state index is 12.2. The molecule has 1 amide bonds. The summed E-state index contributed by atoms with van der Waals surface area (Å²) in [5.41, 5.74) is 9.17. The highest BCUT2D eigenvalue weighted by Gasteiger charge is 2.17. The highest BCUT2D eigenvalue weighted by molar-refractivity contribution is 6.05. The van der Waals surface area contributed by atoms with Gasteiger partial charge in [0.15, 0.2) is 0 Å². The van der Waals surface area contributed by atoms with E-state index in [0.29, 0.717) is 11.3 Å². The zero-order valence-corrected chi connectivity index (χ0v) is 10.7. The van der Waals surface area contributed by atoms with Crippen LogP contribution in [0.25, 0.3) is 0 Å². The monoisotopic (exact) mass is 244 g/mol. The number of benzene rings is 1. The van der Waals surface area contributed by atoms with Crippen LogP contribution in [0.3, 0.4) is 0 Å². The smallest absolute Gasteiger partial charge is 0.259 e. The lowest BCUT2D eigenvalue weighted by Gasteiger charge is -2.05. The molecule has 2 rings (SSSR count). The molecule has 0 spiro atoms. The quantitative estimate of drug-likeness (QED) is 0.792. The van der Waals surface area contributed by atoms with E-state index in [4.69, 9.17) is 5.73 Å². The second-order valence-electron chi connectivity index (χ2n) is 4.25. The van der Waals surface area contributed by atoms with Crippen molar-refractivity contribution in [3.8, 4) is 0 Å². The molecule has 0 saturated carbocycles. The molecule has 5 nitrogen and oxygen atoms in total. The first-order chi connectivity index (χ1) is 8.49. The van der Waals surface area contributed by atoms with E-state index in [1.165, 1.54) is 0 Å². The van der Waals surface area contributed by atoms with Crippen molar-refractivity contribution in [3.05, 3.63) is 41.2 Å². The fourth-order valence-corrected chi connectivity index (χ4v) is 1.86. The first kappa shape index (κ1) is 12.2. The molecule has 2 aromatic rings. The third-order valence-corrected chi connectivity index (χ3v) is 2.90. The number of nitrogen functional groups attached to an aromatic ring is 1. The van der Waals surface area contributed by atoms with E-state index in [2.05, 4.69) is 10.4 Å². The molecule has 0 aliphatic carbocycles. The summed E-state index contributed by atoms with van der Waals surface area (Å²) in [5.74, 6) is -0.150. The van der Waals surface area contributed by atoms with Gasteiger partial charge in [0, 0.05) is 24.1 Å². The Bertz CT molecular complexity index is 584. The number of hydrogen-bond donors (Lipinski definition) is 2. The number of aryl methyl sites for hydroxylation is 2. The first-order valence-corrected chi connectivity index (χ1v) is 5.66. The van der Waals surface area contributed by atoms with Gasteiger partial charge >= 0.3 is 0 Å². The second kappa shape index (κ2) is 4.52. The van der Waals surface area contributed by atoms with Crippen LogP contribution in [0, 0.1) is 13.8 Å². The molecule has 3 N–H and O–H groups in total. The summed E-state index contributed by atoms with van der Waals surface area (Å²) in [5, 5.41) is 7.06. The predicted molar refractivity (Wildman–Crippen MR) is 71.5 cm³/mol. The van der Waals surface area contributed by atoms with E-state index in [1.54, 1.807) is 28.9 Å². The number of nitrogens with two attached hydrogens (primary N) is 1. The van der Waals surface area contributed by atoms with Crippen molar-refractivity contribution in [3.63, 3.8) is 0 Å². The van der Waals surface area contributed by atoms with E-state index < -0.39 is 0 Å². The number of hydrogen-bond acceptors (Lipinski definition) is 3. The predicted octanol–water partition coefficient (Wildman–Crippen LogP) is 1.87. The minimum Gasteiger partial charge on any atom is -0.399 e. The Balaban J connectivity index is 2.24. The minimum absolute atomic E-state index is 0.150.